The highest BCUT2D eigenvalue weighted by Gasteiger charge is 2.38. The fourth-order valence-corrected chi connectivity index (χ4v) is 3.24. The van der Waals surface area contributed by atoms with Gasteiger partial charge >= 0.3 is 24.3 Å². The van der Waals surface area contributed by atoms with Gasteiger partial charge in [-0.05, 0) is 62.4 Å². The Kier molecular flexibility index (Phi) is 9.93. The number of alkyl halides is 6. The molecule has 1 fully saturated rings. The maximum absolute atomic E-state index is 10.6. The highest BCUT2D eigenvalue weighted by molar-refractivity contribution is 5.94. The van der Waals surface area contributed by atoms with E-state index >= 15 is 0 Å². The van der Waals surface area contributed by atoms with E-state index in [1.54, 1.807) is 0 Å². The molecular formula is C23H24F6N4O5. The van der Waals surface area contributed by atoms with E-state index < -0.39 is 24.3 Å². The highest BCUT2D eigenvalue weighted by Crippen LogP contribution is 2.29. The minimum atomic E-state index is -5.08. The number of anilines is 1. The number of carboxylic acids is 2. The summed E-state index contributed by atoms with van der Waals surface area (Å²) < 4.78 is 69.6. The minimum Gasteiger partial charge on any atom is -0.490 e. The molecule has 4 rings (SSSR count). The van der Waals surface area contributed by atoms with Gasteiger partial charge in [0.05, 0.1) is 11.2 Å². The summed E-state index contributed by atoms with van der Waals surface area (Å²) >= 11 is 0. The maximum atomic E-state index is 10.6. The van der Waals surface area contributed by atoms with Gasteiger partial charge in [-0.1, -0.05) is 0 Å². The molecule has 0 saturated carbocycles. The molecule has 0 amide bonds. The third-order valence-corrected chi connectivity index (χ3v) is 5.17. The van der Waals surface area contributed by atoms with Crippen molar-refractivity contribution < 1.29 is 50.9 Å². The van der Waals surface area contributed by atoms with Crippen molar-refractivity contribution >= 4 is 28.5 Å². The summed E-state index contributed by atoms with van der Waals surface area (Å²) in [5.74, 6) is -4.59. The van der Waals surface area contributed by atoms with Gasteiger partial charge in [-0.15, -0.1) is 0 Å². The van der Waals surface area contributed by atoms with E-state index in [0.717, 1.165) is 59.5 Å². The molecule has 0 atom stereocenters. The number of carboxylic acid groups (broad SMARTS) is 2. The number of aromatic amines is 1. The standard InChI is InChI=1S/C19H22N4O.2C2HF3O2/c1-23-10-8-16(9-11-23)24-15-5-2-13(3-6-15)19-17-12-14(20)4-7-18(17)21-22-19;2*3-2(4,5)1(6)7/h2-7,12,16H,8-11,20H2,1H3,(H,21,22);2*(H,6,7). The van der Waals surface area contributed by atoms with Crippen LogP contribution in [-0.4, -0.2) is 75.8 Å². The van der Waals surface area contributed by atoms with Gasteiger partial charge in [-0.2, -0.15) is 31.4 Å². The smallest absolute Gasteiger partial charge is 0.490 e. The average molecular weight is 550 g/mol. The van der Waals surface area contributed by atoms with Crippen LogP contribution in [0.2, 0.25) is 0 Å². The lowest BCUT2D eigenvalue weighted by molar-refractivity contribution is -0.193. The predicted molar refractivity (Wildman–Crippen MR) is 124 cm³/mol. The summed E-state index contributed by atoms with van der Waals surface area (Å²) in [7, 11) is 2.16. The summed E-state index contributed by atoms with van der Waals surface area (Å²) in [6.07, 6.45) is -7.68. The van der Waals surface area contributed by atoms with Crippen LogP contribution in [-0.2, 0) is 9.59 Å². The minimum absolute atomic E-state index is 0.318. The van der Waals surface area contributed by atoms with E-state index in [-0.39, 0.29) is 0 Å². The van der Waals surface area contributed by atoms with Gasteiger partial charge in [0.15, 0.2) is 0 Å². The largest absolute Gasteiger partial charge is 0.490 e. The number of ether oxygens (including phenoxy) is 1. The van der Waals surface area contributed by atoms with Crippen LogP contribution >= 0.6 is 0 Å². The van der Waals surface area contributed by atoms with Crippen LogP contribution in [0.1, 0.15) is 12.8 Å². The number of aliphatic carboxylic acids is 2. The van der Waals surface area contributed by atoms with E-state index in [0.29, 0.717) is 6.10 Å². The molecule has 1 saturated heterocycles. The molecule has 0 radical (unpaired) electrons. The molecule has 1 aromatic heterocycles. The van der Waals surface area contributed by atoms with Crippen molar-refractivity contribution in [2.75, 3.05) is 25.9 Å². The van der Waals surface area contributed by atoms with Gasteiger partial charge in [0.25, 0.3) is 0 Å². The molecule has 3 aromatic rings. The van der Waals surface area contributed by atoms with Gasteiger partial charge in [0, 0.05) is 29.7 Å². The van der Waals surface area contributed by atoms with E-state index in [2.05, 4.69) is 34.3 Å². The van der Waals surface area contributed by atoms with Crippen LogP contribution in [0.5, 0.6) is 5.75 Å². The third-order valence-electron chi connectivity index (χ3n) is 5.17. The number of rotatable bonds is 3. The van der Waals surface area contributed by atoms with Gasteiger partial charge < -0.3 is 25.6 Å². The van der Waals surface area contributed by atoms with Crippen LogP contribution in [0.3, 0.4) is 0 Å². The Morgan fingerprint density at radius 2 is 1.47 bits per heavy atom. The quantitative estimate of drug-likeness (QED) is 0.275. The van der Waals surface area contributed by atoms with Crippen molar-refractivity contribution in [3.8, 4) is 17.0 Å². The molecule has 38 heavy (non-hydrogen) atoms. The molecule has 0 spiro atoms. The second-order valence-corrected chi connectivity index (χ2v) is 8.13. The molecule has 9 nitrogen and oxygen atoms in total. The molecular weight excluding hydrogens is 526 g/mol. The molecule has 2 heterocycles. The molecule has 5 N–H and O–H groups in total. The number of hydrogen-bond acceptors (Lipinski definition) is 6. The van der Waals surface area contributed by atoms with Crippen LogP contribution in [0.15, 0.2) is 42.5 Å². The summed E-state index contributed by atoms with van der Waals surface area (Å²) in [6, 6.07) is 14.0. The topological polar surface area (TPSA) is 142 Å². The number of aromatic nitrogens is 2. The van der Waals surface area contributed by atoms with Crippen LogP contribution < -0.4 is 10.5 Å². The Balaban J connectivity index is 0.000000301. The number of fused-ring (bicyclic) bond motifs is 1. The van der Waals surface area contributed by atoms with Crippen LogP contribution in [0, 0.1) is 0 Å². The van der Waals surface area contributed by atoms with Gasteiger partial charge in [-0.25, -0.2) is 9.59 Å². The first-order valence-electron chi connectivity index (χ1n) is 10.9. The SMILES string of the molecule is CN1CCC(Oc2ccc(-c3n[nH]c4ccc(N)cc34)cc2)CC1.O=C(O)C(F)(F)F.O=C(O)C(F)(F)F. The monoisotopic (exact) mass is 550 g/mol. The van der Waals surface area contributed by atoms with Crippen molar-refractivity contribution in [1.82, 2.24) is 15.1 Å². The maximum Gasteiger partial charge on any atom is 0.490 e. The summed E-state index contributed by atoms with van der Waals surface area (Å²) in [4.78, 5) is 20.1. The van der Waals surface area contributed by atoms with Crippen molar-refractivity contribution in [3.05, 3.63) is 42.5 Å². The molecule has 0 bridgehead atoms. The normalized spacial score (nSPS) is 14.6. The number of likely N-dealkylation sites (tertiary alicyclic amines) is 1. The highest BCUT2D eigenvalue weighted by atomic mass is 19.4. The number of H-pyrrole nitrogens is 1. The fraction of sp³-hybridized carbons (Fsp3) is 0.348. The Bertz CT molecular complexity index is 1200. The van der Waals surface area contributed by atoms with E-state index in [1.807, 2.05) is 30.3 Å². The number of nitrogen functional groups attached to an aromatic ring is 1. The zero-order chi connectivity index (χ0) is 28.7. The van der Waals surface area contributed by atoms with E-state index in [1.165, 1.54) is 0 Å². The number of halogens is 6. The van der Waals surface area contributed by atoms with Gasteiger partial charge in [-0.3, -0.25) is 5.10 Å². The van der Waals surface area contributed by atoms with Gasteiger partial charge in [0.1, 0.15) is 11.9 Å². The number of nitrogens with two attached hydrogens (primary N) is 1. The van der Waals surface area contributed by atoms with Crippen LogP contribution in [0.25, 0.3) is 22.2 Å². The van der Waals surface area contributed by atoms with Crippen LogP contribution in [0.4, 0.5) is 32.0 Å². The molecule has 1 aliphatic heterocycles. The molecule has 0 unspecified atom stereocenters. The lowest BCUT2D eigenvalue weighted by atomic mass is 10.1. The lowest BCUT2D eigenvalue weighted by Gasteiger charge is -2.29. The molecule has 1 aliphatic rings. The Morgan fingerprint density at radius 1 is 0.974 bits per heavy atom. The number of nitrogens with one attached hydrogen (secondary N) is 1. The molecule has 208 valence electrons. The zero-order valence-electron chi connectivity index (χ0n) is 19.8. The summed E-state index contributed by atoms with van der Waals surface area (Å²) in [6.45, 7) is 2.20. The molecule has 2 aromatic carbocycles. The first-order chi connectivity index (χ1) is 17.6. The number of nitrogens with zero attached hydrogens (tertiary/aromatic N) is 2. The Labute approximate surface area is 211 Å². The van der Waals surface area contributed by atoms with E-state index in [9.17, 15) is 26.3 Å². The summed E-state index contributed by atoms with van der Waals surface area (Å²) in [5.41, 5.74) is 9.61. The predicted octanol–water partition coefficient (Wildman–Crippen LogP) is 4.55. The first-order valence-corrected chi connectivity index (χ1v) is 10.9. The lowest BCUT2D eigenvalue weighted by Crippen LogP contribution is -2.35. The first kappa shape index (κ1) is 30.2. The van der Waals surface area contributed by atoms with Crippen molar-refractivity contribution in [2.24, 2.45) is 0 Å². The van der Waals surface area contributed by atoms with Crippen molar-refractivity contribution in [3.63, 3.8) is 0 Å². The van der Waals surface area contributed by atoms with E-state index in [4.69, 9.17) is 30.3 Å². The van der Waals surface area contributed by atoms with Crippen molar-refractivity contribution in [1.29, 1.82) is 0 Å². The fourth-order valence-electron chi connectivity index (χ4n) is 3.24. The Morgan fingerprint density at radius 3 is 1.95 bits per heavy atom. The number of benzene rings is 2. The summed E-state index contributed by atoms with van der Waals surface area (Å²) in [5, 5.41) is 22.8. The molecule has 0 aliphatic carbocycles. The zero-order valence-corrected chi connectivity index (χ0v) is 19.8. The number of carbonyl (C=O) groups is 2. The van der Waals surface area contributed by atoms with Gasteiger partial charge in [0.2, 0.25) is 0 Å². The average Bonchev–Trinajstić information content (AvgIpc) is 3.24. The number of hydrogen-bond donors (Lipinski definition) is 4. The second kappa shape index (κ2) is 12.5. The van der Waals surface area contributed by atoms with Crippen molar-refractivity contribution in [2.45, 2.75) is 31.3 Å². The third kappa shape index (κ3) is 9.14. The molecule has 15 heteroatoms. The number of piperidine rings is 1. The second-order valence-electron chi connectivity index (χ2n) is 8.13. The Hall–Kier alpha value is -4.01.